The van der Waals surface area contributed by atoms with Crippen LogP contribution in [0.1, 0.15) is 0 Å². The molecule has 0 unspecified atom stereocenters. The van der Waals surface area contributed by atoms with Crippen LogP contribution in [-0.4, -0.2) is 40.9 Å². The molecule has 0 aliphatic heterocycles. The quantitative estimate of drug-likeness (QED) is 0.422. The molecule has 0 bridgehead atoms. The van der Waals surface area contributed by atoms with Gasteiger partial charge in [0.2, 0.25) is 0 Å². The summed E-state index contributed by atoms with van der Waals surface area (Å²) in [5.41, 5.74) is 10.7. The molecule has 5 N–H and O–H groups in total. The fourth-order valence-corrected chi connectivity index (χ4v) is 1.61. The van der Waals surface area contributed by atoms with E-state index in [0.717, 1.165) is 0 Å². The molecule has 0 radical (unpaired) electrons. The molecule has 0 spiro atoms. The third-order valence-electron chi connectivity index (χ3n) is 1.67. The Kier molecular flexibility index (Phi) is 5.83. The van der Waals surface area contributed by atoms with E-state index < -0.39 is 12.7 Å². The first-order chi connectivity index (χ1) is 8.90. The van der Waals surface area contributed by atoms with Crippen molar-refractivity contribution in [1.29, 1.82) is 0 Å². The van der Waals surface area contributed by atoms with Gasteiger partial charge in [0, 0.05) is 12.3 Å². The molecule has 0 aliphatic carbocycles. The van der Waals surface area contributed by atoms with E-state index in [9.17, 15) is 13.2 Å². The van der Waals surface area contributed by atoms with Crippen LogP contribution in [0.15, 0.2) is 22.4 Å². The number of rotatable bonds is 5. The Bertz CT molecular complexity index is 436. The maximum absolute atomic E-state index is 11.9. The molecule has 0 aromatic carbocycles. The van der Waals surface area contributed by atoms with E-state index in [1.54, 1.807) is 0 Å². The number of nitrogens with two attached hydrogens (primary N) is 2. The monoisotopic (exact) mass is 294 g/mol. The minimum absolute atomic E-state index is 0.227. The highest BCUT2D eigenvalue weighted by Gasteiger charge is 2.26. The molecule has 1 heterocycles. The second-order valence-electron chi connectivity index (χ2n) is 3.32. The number of nitrogens with one attached hydrogen (secondary N) is 1. The first-order valence-electron chi connectivity index (χ1n) is 5.19. The fourth-order valence-electron chi connectivity index (χ4n) is 0.987. The zero-order chi connectivity index (χ0) is 14.3. The highest BCUT2D eigenvalue weighted by molar-refractivity contribution is 7.99. The van der Waals surface area contributed by atoms with Gasteiger partial charge in [-0.3, -0.25) is 4.98 Å². The lowest BCUT2D eigenvalue weighted by molar-refractivity contribution is -0.118. The Balaban J connectivity index is 2.61. The second-order valence-corrected chi connectivity index (χ2v) is 4.44. The van der Waals surface area contributed by atoms with Crippen LogP contribution in [0, 0.1) is 0 Å². The number of guanidine groups is 1. The summed E-state index contributed by atoms with van der Waals surface area (Å²) in [6.07, 6.45) is -1.53. The van der Waals surface area contributed by atoms with Gasteiger partial charge in [-0.2, -0.15) is 13.2 Å². The van der Waals surface area contributed by atoms with Crippen molar-refractivity contribution in [2.24, 2.45) is 16.5 Å². The van der Waals surface area contributed by atoms with E-state index >= 15 is 0 Å². The first kappa shape index (κ1) is 15.5. The summed E-state index contributed by atoms with van der Waals surface area (Å²) in [5.74, 6) is 0.522. The molecule has 0 saturated heterocycles. The molecule has 6 nitrogen and oxygen atoms in total. The van der Waals surface area contributed by atoms with Gasteiger partial charge in [0.15, 0.2) is 11.8 Å². The van der Waals surface area contributed by atoms with Crippen molar-refractivity contribution in [3.63, 3.8) is 0 Å². The predicted molar refractivity (Wildman–Crippen MR) is 68.0 cm³/mol. The average molecular weight is 294 g/mol. The van der Waals surface area contributed by atoms with Crippen molar-refractivity contribution in [1.82, 2.24) is 9.97 Å². The molecule has 1 aromatic rings. The number of nitrogens with zero attached hydrogens (tertiary/aromatic N) is 3. The van der Waals surface area contributed by atoms with Crippen molar-refractivity contribution < 1.29 is 13.2 Å². The number of anilines is 1. The Hall–Kier alpha value is -1.55. The standard InChI is InChI=1S/C9H13F3N6S/c10-9(11,12)5-16-8(14)18-6-3-15-4-7(17-6)19-2-1-13/h3-4H,1-2,5,13H2,(H3,14,16,17,18). The Labute approximate surface area is 111 Å². The number of alkyl halides is 3. The van der Waals surface area contributed by atoms with Crippen molar-refractivity contribution >= 4 is 23.5 Å². The SMILES string of the molecule is NCCSc1cncc(NC(N)=NCC(F)(F)F)n1. The Morgan fingerprint density at radius 3 is 2.79 bits per heavy atom. The topological polar surface area (TPSA) is 102 Å². The molecular formula is C9H13F3N6S. The number of hydrogen-bond acceptors (Lipinski definition) is 5. The van der Waals surface area contributed by atoms with Crippen LogP contribution < -0.4 is 16.8 Å². The summed E-state index contributed by atoms with van der Waals surface area (Å²) in [5, 5.41) is 3.04. The summed E-state index contributed by atoms with van der Waals surface area (Å²) in [6, 6.07) is 0. The number of halogens is 3. The number of thioether (sulfide) groups is 1. The molecule has 1 rings (SSSR count). The van der Waals surface area contributed by atoms with E-state index in [4.69, 9.17) is 11.5 Å². The molecule has 0 saturated carbocycles. The van der Waals surface area contributed by atoms with Crippen molar-refractivity contribution in [3.05, 3.63) is 12.4 Å². The maximum Gasteiger partial charge on any atom is 0.408 e. The molecule has 10 heteroatoms. The lowest BCUT2D eigenvalue weighted by Gasteiger charge is -2.07. The van der Waals surface area contributed by atoms with Gasteiger partial charge in [-0.15, -0.1) is 11.8 Å². The van der Waals surface area contributed by atoms with Crippen molar-refractivity contribution in [3.8, 4) is 0 Å². The normalized spacial score (nSPS) is 12.5. The average Bonchev–Trinajstić information content (AvgIpc) is 2.33. The van der Waals surface area contributed by atoms with Crippen LogP contribution in [0.2, 0.25) is 0 Å². The van der Waals surface area contributed by atoms with E-state index in [1.165, 1.54) is 24.2 Å². The molecule has 106 valence electrons. The van der Waals surface area contributed by atoms with Crippen LogP contribution >= 0.6 is 11.8 Å². The molecule has 0 fully saturated rings. The minimum atomic E-state index is -4.39. The lowest BCUT2D eigenvalue weighted by Crippen LogP contribution is -2.26. The number of hydrogen-bond donors (Lipinski definition) is 3. The Morgan fingerprint density at radius 2 is 2.16 bits per heavy atom. The summed E-state index contributed by atoms with van der Waals surface area (Å²) in [6.45, 7) is -0.861. The fraction of sp³-hybridized carbons (Fsp3) is 0.444. The maximum atomic E-state index is 11.9. The highest BCUT2D eigenvalue weighted by atomic mass is 32.2. The van der Waals surface area contributed by atoms with Gasteiger partial charge in [-0.05, 0) is 0 Å². The van der Waals surface area contributed by atoms with Crippen LogP contribution in [0.5, 0.6) is 0 Å². The second kappa shape index (κ2) is 7.14. The van der Waals surface area contributed by atoms with Crippen molar-refractivity contribution in [2.45, 2.75) is 11.2 Å². The first-order valence-corrected chi connectivity index (χ1v) is 6.18. The van der Waals surface area contributed by atoms with Crippen LogP contribution in [0.4, 0.5) is 19.0 Å². The Morgan fingerprint density at radius 1 is 1.42 bits per heavy atom. The van der Waals surface area contributed by atoms with Gasteiger partial charge in [-0.25, -0.2) is 9.98 Å². The third kappa shape index (κ3) is 6.82. The summed E-state index contributed by atoms with van der Waals surface area (Å²) >= 11 is 1.38. The van der Waals surface area contributed by atoms with E-state index in [2.05, 4.69) is 20.3 Å². The van der Waals surface area contributed by atoms with Gasteiger partial charge in [0.1, 0.15) is 11.6 Å². The highest BCUT2D eigenvalue weighted by Crippen LogP contribution is 2.16. The zero-order valence-electron chi connectivity index (χ0n) is 9.81. The van der Waals surface area contributed by atoms with E-state index in [1.807, 2.05) is 0 Å². The molecule has 0 aliphatic rings. The van der Waals surface area contributed by atoms with Crippen LogP contribution in [0.3, 0.4) is 0 Å². The van der Waals surface area contributed by atoms with Crippen molar-refractivity contribution in [2.75, 3.05) is 24.2 Å². The minimum Gasteiger partial charge on any atom is -0.370 e. The van der Waals surface area contributed by atoms with Crippen LogP contribution in [-0.2, 0) is 0 Å². The van der Waals surface area contributed by atoms with E-state index in [0.29, 0.717) is 17.3 Å². The van der Waals surface area contributed by atoms with Gasteiger partial charge in [0.25, 0.3) is 0 Å². The predicted octanol–water partition coefficient (Wildman–Crippen LogP) is 0.816. The number of aliphatic imine (C=N–C) groups is 1. The smallest absolute Gasteiger partial charge is 0.370 e. The van der Waals surface area contributed by atoms with Gasteiger partial charge >= 0.3 is 6.18 Å². The van der Waals surface area contributed by atoms with Gasteiger partial charge in [-0.1, -0.05) is 0 Å². The summed E-state index contributed by atoms with van der Waals surface area (Å²) < 4.78 is 35.8. The van der Waals surface area contributed by atoms with Gasteiger partial charge in [0.05, 0.1) is 12.4 Å². The number of aromatic nitrogens is 2. The van der Waals surface area contributed by atoms with Gasteiger partial charge < -0.3 is 16.8 Å². The van der Waals surface area contributed by atoms with Crippen LogP contribution in [0.25, 0.3) is 0 Å². The third-order valence-corrected chi connectivity index (χ3v) is 2.60. The molecule has 0 amide bonds. The van der Waals surface area contributed by atoms with E-state index in [-0.39, 0.29) is 11.8 Å². The summed E-state index contributed by atoms with van der Waals surface area (Å²) in [7, 11) is 0. The molecule has 1 aromatic heterocycles. The largest absolute Gasteiger partial charge is 0.408 e. The molecular weight excluding hydrogens is 281 g/mol. The zero-order valence-corrected chi connectivity index (χ0v) is 10.6. The molecule has 0 atom stereocenters. The summed E-state index contributed by atoms with van der Waals surface area (Å²) in [4.78, 5) is 11.1. The lowest BCUT2D eigenvalue weighted by atomic mass is 10.6. The molecule has 19 heavy (non-hydrogen) atoms.